The number of aliphatic carboxylic acids is 2. The maximum absolute atomic E-state index is 10.5. The molecule has 11 heteroatoms. The Morgan fingerprint density at radius 3 is 1.38 bits per heavy atom. The fourth-order valence-corrected chi connectivity index (χ4v) is 1.19. The van der Waals surface area contributed by atoms with Crippen LogP contribution in [0.1, 0.15) is 19.4 Å². The Bertz CT molecular complexity index is 576. The number of hydrogen-bond donors (Lipinski definition) is 3. The Morgan fingerprint density at radius 1 is 0.958 bits per heavy atom. The third-order valence-corrected chi connectivity index (χ3v) is 2.87. The van der Waals surface area contributed by atoms with Crippen LogP contribution in [0.2, 0.25) is 0 Å². The molecule has 0 radical (unpaired) electrons. The molecule has 0 amide bonds. The van der Waals surface area contributed by atoms with Gasteiger partial charge in [0, 0.05) is 0 Å². The zero-order valence-corrected chi connectivity index (χ0v) is 17.2. The van der Waals surface area contributed by atoms with Crippen molar-refractivity contribution in [2.45, 2.75) is 37.9 Å². The molecule has 0 aliphatic rings. The van der Waals surface area contributed by atoms with Crippen molar-refractivity contribution in [3.05, 3.63) is 29.8 Å². The maximum Gasteiger partial charge on any atom is 2.00 e. The molecule has 0 saturated carbocycles. The van der Waals surface area contributed by atoms with Crippen molar-refractivity contribution in [3.8, 4) is 0 Å². The quantitative estimate of drug-likeness (QED) is 0.355. The predicted molar refractivity (Wildman–Crippen MR) is 74.4 cm³/mol. The Morgan fingerprint density at radius 2 is 1.21 bits per heavy atom. The van der Waals surface area contributed by atoms with Gasteiger partial charge in [0.25, 0.3) is 10.1 Å². The van der Waals surface area contributed by atoms with Crippen molar-refractivity contribution in [2.75, 3.05) is 0 Å². The fraction of sp³-hybridized carbons (Fsp3) is 0.385. The van der Waals surface area contributed by atoms with Gasteiger partial charge in [-0.25, -0.2) is 0 Å². The molecule has 1 aromatic carbocycles. The number of hydrogen-bond acceptors (Lipinski definition) is 8. The summed E-state index contributed by atoms with van der Waals surface area (Å²) < 4.78 is 29.6. The fourth-order valence-electron chi connectivity index (χ4n) is 0.710. The van der Waals surface area contributed by atoms with E-state index in [0.717, 1.165) is 19.4 Å². The first-order valence-electron chi connectivity index (χ1n) is 6.11. The van der Waals surface area contributed by atoms with E-state index in [1.54, 1.807) is 12.1 Å². The number of aliphatic hydroxyl groups is 2. The summed E-state index contributed by atoms with van der Waals surface area (Å²) in [7, 11) is -4.02. The number of carboxylic acids is 2. The summed E-state index contributed by atoms with van der Waals surface area (Å²) in [6, 6.07) is 5.99. The number of carboxylic acid groups (broad SMARTS) is 2. The second-order valence-electron chi connectivity index (χ2n) is 4.28. The van der Waals surface area contributed by atoms with E-state index in [4.69, 9.17) is 14.8 Å². The molecule has 1 rings (SSSR count). The largest absolute Gasteiger partial charge is 2.00 e. The topological polar surface area (TPSA) is 175 Å². The summed E-state index contributed by atoms with van der Waals surface area (Å²) in [5.41, 5.74) is 0.956. The van der Waals surface area contributed by atoms with Gasteiger partial charge in [0.2, 0.25) is 0 Å². The monoisotopic (exact) mass is 414 g/mol. The standard InChI is InChI=1S/C7H8O3S.2C3H6O3.Zn/c1-6-2-4-7(5-3-6)11(8,9)10;2*1-2(4)3(5)6;/h2-5H,1H3,(H,8,9,10);2*2,4H,1H3,(H,5,6);/q;;;+2/p-2. The molecular weight excluding hydrogens is 398 g/mol. The normalized spacial score (nSPS) is 12.1. The van der Waals surface area contributed by atoms with Crippen LogP contribution in [0.3, 0.4) is 0 Å². The number of aliphatic hydroxyl groups excluding tert-OH is 2. The summed E-state index contributed by atoms with van der Waals surface area (Å²) in [6.07, 6.45) is -2.69. The molecule has 0 fully saturated rings. The van der Waals surface area contributed by atoms with Crippen molar-refractivity contribution in [1.29, 1.82) is 0 Å². The first-order valence-corrected chi connectivity index (χ1v) is 7.55. The van der Waals surface area contributed by atoms with Crippen LogP contribution in [0.5, 0.6) is 0 Å². The number of rotatable bonds is 3. The molecule has 0 saturated heterocycles. The average Bonchev–Trinajstić information content (AvgIpc) is 2.39. The minimum atomic E-state index is -4.02. The zero-order chi connectivity index (χ0) is 18.8. The first kappa shape index (κ1) is 27.5. The SMILES string of the molecule is CC(O)C(=O)[O-].CC(O)C(=O)[O-].Cc1ccc(S(=O)(=O)O)cc1.[Zn+2]. The van der Waals surface area contributed by atoms with Gasteiger partial charge < -0.3 is 30.0 Å². The van der Waals surface area contributed by atoms with Crippen molar-refractivity contribution in [1.82, 2.24) is 0 Å². The van der Waals surface area contributed by atoms with E-state index in [1.807, 2.05) is 6.92 Å². The average molecular weight is 416 g/mol. The molecule has 24 heavy (non-hydrogen) atoms. The number of carbonyl (C=O) groups excluding carboxylic acids is 2. The molecular formula is C13H18O9SZn. The minimum absolute atomic E-state index is 0. The predicted octanol–water partition coefficient (Wildman–Crippen LogP) is -2.53. The van der Waals surface area contributed by atoms with E-state index in [2.05, 4.69) is 0 Å². The number of carbonyl (C=O) groups is 2. The van der Waals surface area contributed by atoms with Crippen LogP contribution < -0.4 is 10.2 Å². The van der Waals surface area contributed by atoms with Crippen molar-refractivity contribution >= 4 is 22.1 Å². The summed E-state index contributed by atoms with van der Waals surface area (Å²) >= 11 is 0. The Kier molecular flexibility index (Phi) is 14.8. The van der Waals surface area contributed by atoms with E-state index in [-0.39, 0.29) is 24.4 Å². The summed E-state index contributed by atoms with van der Waals surface area (Å²) in [6.45, 7) is 4.11. The van der Waals surface area contributed by atoms with Crippen molar-refractivity contribution in [3.63, 3.8) is 0 Å². The van der Waals surface area contributed by atoms with Crippen LogP contribution in [0, 0.1) is 6.92 Å². The van der Waals surface area contributed by atoms with Gasteiger partial charge in [-0.3, -0.25) is 4.55 Å². The molecule has 9 nitrogen and oxygen atoms in total. The molecule has 132 valence electrons. The van der Waals surface area contributed by atoms with Gasteiger partial charge in [-0.2, -0.15) is 8.42 Å². The van der Waals surface area contributed by atoms with Crippen LogP contribution in [-0.2, 0) is 39.2 Å². The van der Waals surface area contributed by atoms with E-state index < -0.39 is 34.3 Å². The molecule has 0 aliphatic heterocycles. The summed E-state index contributed by atoms with van der Waals surface area (Å²) in [4.78, 5) is 18.6. The number of benzene rings is 1. The van der Waals surface area contributed by atoms with Gasteiger partial charge in [-0.15, -0.1) is 0 Å². The van der Waals surface area contributed by atoms with Gasteiger partial charge in [-0.05, 0) is 32.9 Å². The second kappa shape index (κ2) is 13.0. The van der Waals surface area contributed by atoms with Gasteiger partial charge in [0.05, 0.1) is 29.0 Å². The van der Waals surface area contributed by atoms with Gasteiger partial charge in [-0.1, -0.05) is 17.7 Å². The van der Waals surface area contributed by atoms with Crippen LogP contribution in [0.15, 0.2) is 29.2 Å². The van der Waals surface area contributed by atoms with E-state index >= 15 is 0 Å². The van der Waals surface area contributed by atoms with Crippen molar-refractivity contribution < 1.29 is 62.5 Å². The molecule has 2 unspecified atom stereocenters. The molecule has 0 aromatic heterocycles. The molecule has 3 N–H and O–H groups in total. The Hall–Kier alpha value is -1.39. The van der Waals surface area contributed by atoms with Gasteiger partial charge in [0.15, 0.2) is 0 Å². The smallest absolute Gasteiger partial charge is 0.547 e. The Labute approximate surface area is 152 Å². The maximum atomic E-state index is 10.5. The van der Waals surface area contributed by atoms with Crippen LogP contribution in [-0.4, -0.2) is 47.3 Å². The van der Waals surface area contributed by atoms with E-state index in [9.17, 15) is 28.2 Å². The summed E-state index contributed by atoms with van der Waals surface area (Å²) in [5, 5.41) is 34.6. The third-order valence-electron chi connectivity index (χ3n) is 2.00. The second-order valence-corrected chi connectivity index (χ2v) is 5.70. The zero-order valence-electron chi connectivity index (χ0n) is 13.4. The molecule has 2 atom stereocenters. The third kappa shape index (κ3) is 15.5. The van der Waals surface area contributed by atoms with Crippen LogP contribution in [0.4, 0.5) is 0 Å². The first-order chi connectivity index (χ1) is 10.3. The number of aryl methyl sites for hydroxylation is 1. The Balaban J connectivity index is -0.000000294. The molecule has 1 aromatic rings. The molecule has 0 heterocycles. The molecule has 0 spiro atoms. The molecule has 0 bridgehead atoms. The van der Waals surface area contributed by atoms with Crippen LogP contribution >= 0.6 is 0 Å². The van der Waals surface area contributed by atoms with Gasteiger partial charge >= 0.3 is 19.5 Å². The van der Waals surface area contributed by atoms with Crippen LogP contribution in [0.25, 0.3) is 0 Å². The molecule has 0 aliphatic carbocycles. The van der Waals surface area contributed by atoms with E-state index in [0.29, 0.717) is 0 Å². The van der Waals surface area contributed by atoms with Gasteiger partial charge in [0.1, 0.15) is 0 Å². The van der Waals surface area contributed by atoms with Crippen molar-refractivity contribution in [2.24, 2.45) is 0 Å². The summed E-state index contributed by atoms with van der Waals surface area (Å²) in [5.74, 6) is -2.87. The van der Waals surface area contributed by atoms with E-state index in [1.165, 1.54) is 12.1 Å². The minimum Gasteiger partial charge on any atom is -0.547 e.